The van der Waals surface area contributed by atoms with Gasteiger partial charge in [0, 0.05) is 0 Å². The van der Waals surface area contributed by atoms with Crippen LogP contribution in [0, 0.1) is 5.82 Å². The minimum atomic E-state index is -0.481. The second-order valence-corrected chi connectivity index (χ2v) is 6.15. The van der Waals surface area contributed by atoms with Gasteiger partial charge in [-0.05, 0) is 60.9 Å². The molecule has 1 atom stereocenters. The van der Waals surface area contributed by atoms with Crippen molar-refractivity contribution in [3.8, 4) is 0 Å². The lowest BCUT2D eigenvalue weighted by Gasteiger charge is -2.22. The van der Waals surface area contributed by atoms with Crippen LogP contribution in [-0.2, 0) is 12.8 Å². The standard InChI is InChI=1S/C20H22FNO/c1-2-19(22-20(23)17-9-5-6-10-18(17)21)16-12-11-14-7-3-4-8-15(14)13-16/h5-6,9-13,19H,2-4,7-8H2,1H3,(H,22,23). The zero-order valence-corrected chi connectivity index (χ0v) is 13.4. The first-order valence-corrected chi connectivity index (χ1v) is 8.36. The third kappa shape index (κ3) is 3.44. The van der Waals surface area contributed by atoms with Crippen LogP contribution in [0.5, 0.6) is 0 Å². The van der Waals surface area contributed by atoms with Crippen LogP contribution < -0.4 is 5.32 Å². The molecule has 0 heterocycles. The normalized spacial score (nSPS) is 14.9. The lowest BCUT2D eigenvalue weighted by atomic mass is 9.88. The van der Waals surface area contributed by atoms with Crippen LogP contribution in [0.15, 0.2) is 42.5 Å². The molecule has 1 amide bonds. The molecule has 1 aliphatic carbocycles. The van der Waals surface area contributed by atoms with E-state index in [-0.39, 0.29) is 17.5 Å². The van der Waals surface area contributed by atoms with Gasteiger partial charge in [-0.3, -0.25) is 4.79 Å². The van der Waals surface area contributed by atoms with Gasteiger partial charge < -0.3 is 5.32 Å². The van der Waals surface area contributed by atoms with E-state index in [4.69, 9.17) is 0 Å². The van der Waals surface area contributed by atoms with Crippen molar-refractivity contribution < 1.29 is 9.18 Å². The van der Waals surface area contributed by atoms with Gasteiger partial charge in [0.25, 0.3) is 5.91 Å². The third-order valence-electron chi connectivity index (χ3n) is 4.61. The fraction of sp³-hybridized carbons (Fsp3) is 0.350. The van der Waals surface area contributed by atoms with E-state index in [0.29, 0.717) is 0 Å². The molecule has 1 aliphatic rings. The Morgan fingerprint density at radius 2 is 1.87 bits per heavy atom. The van der Waals surface area contributed by atoms with E-state index in [1.165, 1.54) is 36.1 Å². The van der Waals surface area contributed by atoms with Crippen molar-refractivity contribution in [1.29, 1.82) is 0 Å². The molecule has 1 unspecified atom stereocenters. The van der Waals surface area contributed by atoms with E-state index in [1.54, 1.807) is 12.1 Å². The van der Waals surface area contributed by atoms with E-state index < -0.39 is 5.82 Å². The molecule has 3 heteroatoms. The van der Waals surface area contributed by atoms with Gasteiger partial charge in [0.05, 0.1) is 11.6 Å². The maximum Gasteiger partial charge on any atom is 0.254 e. The number of carbonyl (C=O) groups is 1. The number of benzene rings is 2. The summed E-state index contributed by atoms with van der Waals surface area (Å²) in [6.45, 7) is 2.03. The zero-order chi connectivity index (χ0) is 16.2. The largest absolute Gasteiger partial charge is 0.345 e. The highest BCUT2D eigenvalue weighted by atomic mass is 19.1. The maximum absolute atomic E-state index is 13.8. The van der Waals surface area contributed by atoms with Crippen LogP contribution in [-0.4, -0.2) is 5.91 Å². The first-order valence-electron chi connectivity index (χ1n) is 8.36. The summed E-state index contributed by atoms with van der Waals surface area (Å²) in [5.41, 5.74) is 4.03. The smallest absolute Gasteiger partial charge is 0.254 e. The van der Waals surface area contributed by atoms with Crippen molar-refractivity contribution in [3.05, 3.63) is 70.5 Å². The van der Waals surface area contributed by atoms with Gasteiger partial charge in [-0.1, -0.05) is 37.3 Å². The SMILES string of the molecule is CCC(NC(=O)c1ccccc1F)c1ccc2c(c1)CCCC2. The Kier molecular flexibility index (Phi) is 4.75. The second-order valence-electron chi connectivity index (χ2n) is 6.15. The summed E-state index contributed by atoms with van der Waals surface area (Å²) < 4.78 is 13.8. The van der Waals surface area contributed by atoms with Gasteiger partial charge >= 0.3 is 0 Å². The lowest BCUT2D eigenvalue weighted by molar-refractivity contribution is 0.0931. The molecule has 3 rings (SSSR count). The summed E-state index contributed by atoms with van der Waals surface area (Å²) in [6, 6.07) is 12.5. The zero-order valence-electron chi connectivity index (χ0n) is 13.4. The number of halogens is 1. The molecule has 23 heavy (non-hydrogen) atoms. The van der Waals surface area contributed by atoms with Crippen molar-refractivity contribution in [2.24, 2.45) is 0 Å². The molecule has 0 fully saturated rings. The molecule has 0 aliphatic heterocycles. The van der Waals surface area contributed by atoms with Gasteiger partial charge in [0.15, 0.2) is 0 Å². The molecule has 1 N–H and O–H groups in total. The number of fused-ring (bicyclic) bond motifs is 1. The topological polar surface area (TPSA) is 29.1 Å². The molecular weight excluding hydrogens is 289 g/mol. The fourth-order valence-electron chi connectivity index (χ4n) is 3.27. The molecule has 0 saturated heterocycles. The van der Waals surface area contributed by atoms with E-state index >= 15 is 0 Å². The minimum Gasteiger partial charge on any atom is -0.345 e. The monoisotopic (exact) mass is 311 g/mol. The van der Waals surface area contributed by atoms with Crippen molar-refractivity contribution >= 4 is 5.91 Å². The highest BCUT2D eigenvalue weighted by Crippen LogP contribution is 2.26. The van der Waals surface area contributed by atoms with E-state index in [0.717, 1.165) is 24.8 Å². The molecule has 0 saturated carbocycles. The molecule has 2 aromatic rings. The van der Waals surface area contributed by atoms with Gasteiger partial charge in [-0.2, -0.15) is 0 Å². The number of aryl methyl sites for hydroxylation is 2. The Balaban J connectivity index is 1.80. The first-order chi connectivity index (χ1) is 11.2. The van der Waals surface area contributed by atoms with Crippen LogP contribution >= 0.6 is 0 Å². The number of amides is 1. The second kappa shape index (κ2) is 6.95. The third-order valence-corrected chi connectivity index (χ3v) is 4.61. The summed E-state index contributed by atoms with van der Waals surface area (Å²) in [6.07, 6.45) is 5.52. The molecule has 2 nitrogen and oxygen atoms in total. The van der Waals surface area contributed by atoms with Crippen molar-refractivity contribution in [1.82, 2.24) is 5.32 Å². The number of nitrogens with one attached hydrogen (secondary N) is 1. The summed E-state index contributed by atoms with van der Waals surface area (Å²) in [5.74, 6) is -0.835. The Morgan fingerprint density at radius 3 is 2.61 bits per heavy atom. The van der Waals surface area contributed by atoms with Crippen LogP contribution in [0.1, 0.15) is 59.3 Å². The quantitative estimate of drug-likeness (QED) is 0.879. The average molecular weight is 311 g/mol. The van der Waals surface area contributed by atoms with E-state index in [2.05, 4.69) is 23.5 Å². The van der Waals surface area contributed by atoms with Crippen LogP contribution in [0.2, 0.25) is 0 Å². The molecule has 120 valence electrons. The molecule has 2 aromatic carbocycles. The first kappa shape index (κ1) is 15.7. The maximum atomic E-state index is 13.8. The molecule has 0 bridgehead atoms. The van der Waals surface area contributed by atoms with Gasteiger partial charge in [0.1, 0.15) is 5.82 Å². The van der Waals surface area contributed by atoms with Crippen LogP contribution in [0.25, 0.3) is 0 Å². The van der Waals surface area contributed by atoms with E-state index in [1.807, 2.05) is 6.92 Å². The minimum absolute atomic E-state index is 0.0886. The van der Waals surface area contributed by atoms with Crippen LogP contribution in [0.3, 0.4) is 0 Å². The average Bonchev–Trinajstić information content (AvgIpc) is 2.59. The van der Waals surface area contributed by atoms with Gasteiger partial charge in [-0.25, -0.2) is 4.39 Å². The number of hydrogen-bond donors (Lipinski definition) is 1. The Hall–Kier alpha value is -2.16. The summed E-state index contributed by atoms with van der Waals surface area (Å²) in [4.78, 5) is 12.3. The summed E-state index contributed by atoms with van der Waals surface area (Å²) in [7, 11) is 0. The highest BCUT2D eigenvalue weighted by molar-refractivity contribution is 5.94. The summed E-state index contributed by atoms with van der Waals surface area (Å²) in [5, 5.41) is 2.97. The van der Waals surface area contributed by atoms with Crippen molar-refractivity contribution in [2.75, 3.05) is 0 Å². The lowest BCUT2D eigenvalue weighted by Crippen LogP contribution is -2.29. The number of carbonyl (C=O) groups excluding carboxylic acids is 1. The molecular formula is C20H22FNO. The summed E-state index contributed by atoms with van der Waals surface area (Å²) >= 11 is 0. The van der Waals surface area contributed by atoms with Gasteiger partial charge in [0.2, 0.25) is 0 Å². The highest BCUT2D eigenvalue weighted by Gasteiger charge is 2.18. The Labute approximate surface area is 136 Å². The Morgan fingerprint density at radius 1 is 1.13 bits per heavy atom. The number of hydrogen-bond acceptors (Lipinski definition) is 1. The molecule has 0 spiro atoms. The predicted molar refractivity (Wildman–Crippen MR) is 90.0 cm³/mol. The fourth-order valence-corrected chi connectivity index (χ4v) is 3.27. The predicted octanol–water partition coefficient (Wildman–Crippen LogP) is 4.59. The van der Waals surface area contributed by atoms with Crippen molar-refractivity contribution in [2.45, 2.75) is 45.1 Å². The molecule has 0 aromatic heterocycles. The number of rotatable bonds is 4. The van der Waals surface area contributed by atoms with Crippen molar-refractivity contribution in [3.63, 3.8) is 0 Å². The molecule has 0 radical (unpaired) electrons. The van der Waals surface area contributed by atoms with Gasteiger partial charge in [-0.15, -0.1) is 0 Å². The Bertz CT molecular complexity index is 711. The van der Waals surface area contributed by atoms with Crippen LogP contribution in [0.4, 0.5) is 4.39 Å². The van der Waals surface area contributed by atoms with E-state index in [9.17, 15) is 9.18 Å².